The van der Waals surface area contributed by atoms with E-state index in [1.165, 1.54) is 12.1 Å². The fourth-order valence-electron chi connectivity index (χ4n) is 1.91. The smallest absolute Gasteiger partial charge is 0.123 e. The first-order valence-electron chi connectivity index (χ1n) is 6.31. The van der Waals surface area contributed by atoms with Crippen LogP contribution in [-0.4, -0.2) is 28.9 Å². The first-order valence-corrected chi connectivity index (χ1v) is 6.31. The van der Waals surface area contributed by atoms with E-state index in [-0.39, 0.29) is 5.82 Å². The molecule has 1 rings (SSSR count). The zero-order valence-electron chi connectivity index (χ0n) is 11.0. The van der Waals surface area contributed by atoms with Crippen molar-refractivity contribution in [1.82, 2.24) is 5.32 Å². The average molecular weight is 255 g/mol. The number of aliphatic hydroxyl groups is 2. The van der Waals surface area contributed by atoms with Crippen molar-refractivity contribution in [2.45, 2.75) is 38.4 Å². The van der Waals surface area contributed by atoms with Crippen molar-refractivity contribution in [3.63, 3.8) is 0 Å². The van der Waals surface area contributed by atoms with Crippen LogP contribution in [0.5, 0.6) is 0 Å². The van der Waals surface area contributed by atoms with Gasteiger partial charge in [-0.1, -0.05) is 25.5 Å². The maximum absolute atomic E-state index is 12.7. The van der Waals surface area contributed by atoms with Crippen molar-refractivity contribution < 1.29 is 14.6 Å². The lowest BCUT2D eigenvalue weighted by molar-refractivity contribution is 0.0461. The zero-order chi connectivity index (χ0) is 13.6. The number of benzene rings is 1. The van der Waals surface area contributed by atoms with Crippen LogP contribution in [0.15, 0.2) is 24.3 Å². The molecule has 1 aromatic carbocycles. The molecule has 0 aliphatic rings. The Kier molecular flexibility index (Phi) is 5.72. The fourth-order valence-corrected chi connectivity index (χ4v) is 1.91. The first kappa shape index (κ1) is 15.1. The van der Waals surface area contributed by atoms with E-state index in [2.05, 4.69) is 5.32 Å². The molecule has 0 spiro atoms. The van der Waals surface area contributed by atoms with Gasteiger partial charge in [-0.05, 0) is 31.0 Å². The molecule has 1 aromatic rings. The van der Waals surface area contributed by atoms with Crippen LogP contribution in [0.25, 0.3) is 0 Å². The fraction of sp³-hybridized carbons (Fsp3) is 0.571. The molecule has 0 bridgehead atoms. The number of hydrogen-bond donors (Lipinski definition) is 3. The van der Waals surface area contributed by atoms with Crippen LogP contribution in [0.4, 0.5) is 4.39 Å². The van der Waals surface area contributed by atoms with Gasteiger partial charge in [0, 0.05) is 13.1 Å². The minimum Gasteiger partial charge on any atom is -0.389 e. The van der Waals surface area contributed by atoms with Gasteiger partial charge >= 0.3 is 0 Å². The highest BCUT2D eigenvalue weighted by Gasteiger charge is 2.19. The van der Waals surface area contributed by atoms with E-state index in [9.17, 15) is 14.6 Å². The lowest BCUT2D eigenvalue weighted by atomic mass is 10.0. The van der Waals surface area contributed by atoms with E-state index < -0.39 is 11.7 Å². The Morgan fingerprint density at radius 2 is 1.94 bits per heavy atom. The third-order valence-electron chi connectivity index (χ3n) is 2.89. The summed E-state index contributed by atoms with van der Waals surface area (Å²) in [7, 11) is 0. The van der Waals surface area contributed by atoms with E-state index in [4.69, 9.17) is 0 Å². The highest BCUT2D eigenvalue weighted by molar-refractivity contribution is 5.18. The number of nitrogens with one attached hydrogen (secondary N) is 1. The molecule has 0 aromatic heterocycles. The summed E-state index contributed by atoms with van der Waals surface area (Å²) in [6.45, 7) is 4.56. The molecule has 0 saturated carbocycles. The van der Waals surface area contributed by atoms with E-state index >= 15 is 0 Å². The maximum atomic E-state index is 12.7. The van der Waals surface area contributed by atoms with Crippen LogP contribution in [0.1, 0.15) is 38.4 Å². The number of aliphatic hydroxyl groups excluding tert-OH is 1. The Balaban J connectivity index is 2.37. The van der Waals surface area contributed by atoms with Crippen LogP contribution in [0, 0.1) is 5.82 Å². The Labute approximate surface area is 108 Å². The van der Waals surface area contributed by atoms with Gasteiger partial charge in [-0.2, -0.15) is 0 Å². The summed E-state index contributed by atoms with van der Waals surface area (Å²) in [6.07, 6.45) is 0.935. The predicted octanol–water partition coefficient (Wildman–Crippen LogP) is 2.00. The third kappa shape index (κ3) is 5.12. The van der Waals surface area contributed by atoms with Gasteiger partial charge in [-0.3, -0.25) is 0 Å². The number of rotatable bonds is 7. The van der Waals surface area contributed by atoms with Crippen molar-refractivity contribution in [2.24, 2.45) is 0 Å². The number of halogens is 1. The largest absolute Gasteiger partial charge is 0.389 e. The maximum Gasteiger partial charge on any atom is 0.123 e. The van der Waals surface area contributed by atoms with Gasteiger partial charge in [0.1, 0.15) is 5.82 Å². The predicted molar refractivity (Wildman–Crippen MR) is 69.8 cm³/mol. The van der Waals surface area contributed by atoms with Crippen molar-refractivity contribution in [2.75, 3.05) is 13.1 Å². The second kappa shape index (κ2) is 6.83. The first-order chi connectivity index (χ1) is 8.44. The molecule has 4 heteroatoms. The van der Waals surface area contributed by atoms with Gasteiger partial charge in [-0.25, -0.2) is 4.39 Å². The molecule has 2 unspecified atom stereocenters. The normalized spacial score (nSPS) is 16.3. The third-order valence-corrected chi connectivity index (χ3v) is 2.89. The molecule has 18 heavy (non-hydrogen) atoms. The molecule has 0 radical (unpaired) electrons. The molecule has 0 fully saturated rings. The van der Waals surface area contributed by atoms with Crippen LogP contribution < -0.4 is 5.32 Å². The molecule has 0 amide bonds. The highest BCUT2D eigenvalue weighted by atomic mass is 19.1. The van der Waals surface area contributed by atoms with Gasteiger partial charge in [0.05, 0.1) is 11.7 Å². The van der Waals surface area contributed by atoms with E-state index in [1.807, 2.05) is 6.92 Å². The molecule has 0 heterocycles. The van der Waals surface area contributed by atoms with Crippen molar-refractivity contribution in [1.29, 1.82) is 0 Å². The lowest BCUT2D eigenvalue weighted by Crippen LogP contribution is -2.39. The van der Waals surface area contributed by atoms with Gasteiger partial charge < -0.3 is 15.5 Å². The van der Waals surface area contributed by atoms with Crippen molar-refractivity contribution in [3.05, 3.63) is 35.6 Å². The van der Waals surface area contributed by atoms with Gasteiger partial charge in [0.2, 0.25) is 0 Å². The van der Waals surface area contributed by atoms with E-state index in [0.29, 0.717) is 25.1 Å². The van der Waals surface area contributed by atoms with E-state index in [1.54, 1.807) is 19.1 Å². The quantitative estimate of drug-likeness (QED) is 0.698. The van der Waals surface area contributed by atoms with E-state index in [0.717, 1.165) is 6.42 Å². The summed E-state index contributed by atoms with van der Waals surface area (Å²) in [5.74, 6) is -0.315. The molecule has 3 nitrogen and oxygen atoms in total. The second-order valence-electron chi connectivity index (χ2n) is 4.95. The number of hydrogen-bond acceptors (Lipinski definition) is 3. The molecule has 0 aliphatic carbocycles. The molecular formula is C14H22FNO2. The van der Waals surface area contributed by atoms with Crippen molar-refractivity contribution in [3.8, 4) is 0 Å². The molecular weight excluding hydrogens is 233 g/mol. The van der Waals surface area contributed by atoms with Crippen LogP contribution in [-0.2, 0) is 0 Å². The molecule has 0 saturated heterocycles. The van der Waals surface area contributed by atoms with Crippen molar-refractivity contribution >= 4 is 0 Å². The van der Waals surface area contributed by atoms with Crippen LogP contribution in [0.3, 0.4) is 0 Å². The lowest BCUT2D eigenvalue weighted by Gasteiger charge is -2.24. The SMILES string of the molecule is CCCC(C)(O)CNCC(O)c1ccc(F)cc1. The van der Waals surface area contributed by atoms with Gasteiger partial charge in [-0.15, -0.1) is 0 Å². The summed E-state index contributed by atoms with van der Waals surface area (Å²) < 4.78 is 12.7. The average Bonchev–Trinajstić information content (AvgIpc) is 2.29. The highest BCUT2D eigenvalue weighted by Crippen LogP contribution is 2.14. The summed E-state index contributed by atoms with van der Waals surface area (Å²) >= 11 is 0. The van der Waals surface area contributed by atoms with Gasteiger partial charge in [0.15, 0.2) is 0 Å². The topological polar surface area (TPSA) is 52.5 Å². The molecule has 102 valence electrons. The zero-order valence-corrected chi connectivity index (χ0v) is 11.0. The summed E-state index contributed by atoms with van der Waals surface area (Å²) in [5.41, 5.74) is -0.0869. The summed E-state index contributed by atoms with van der Waals surface area (Å²) in [5, 5.41) is 22.8. The Hall–Kier alpha value is -0.970. The Morgan fingerprint density at radius 1 is 1.33 bits per heavy atom. The minimum atomic E-state index is -0.753. The Morgan fingerprint density at radius 3 is 2.50 bits per heavy atom. The standard InChI is InChI=1S/C14H22FNO2/c1-3-8-14(2,18)10-16-9-13(17)11-4-6-12(15)7-5-11/h4-7,13,16-18H,3,8-10H2,1-2H3. The molecule has 0 aliphatic heterocycles. The monoisotopic (exact) mass is 255 g/mol. The molecule has 2 atom stereocenters. The molecule has 3 N–H and O–H groups in total. The Bertz CT molecular complexity index is 351. The van der Waals surface area contributed by atoms with Crippen LogP contribution >= 0.6 is 0 Å². The summed E-state index contributed by atoms with van der Waals surface area (Å²) in [6, 6.07) is 5.77. The second-order valence-corrected chi connectivity index (χ2v) is 4.95. The van der Waals surface area contributed by atoms with Gasteiger partial charge in [0.25, 0.3) is 0 Å². The van der Waals surface area contributed by atoms with Crippen LogP contribution in [0.2, 0.25) is 0 Å². The minimum absolute atomic E-state index is 0.315. The summed E-state index contributed by atoms with van der Waals surface area (Å²) in [4.78, 5) is 0.